The first-order valence-corrected chi connectivity index (χ1v) is 6.05. The Morgan fingerprint density at radius 3 is 2.89 bits per heavy atom. The zero-order valence-corrected chi connectivity index (χ0v) is 10.2. The molecule has 1 aromatic carbocycles. The van der Waals surface area contributed by atoms with Gasteiger partial charge in [-0.2, -0.15) is 0 Å². The van der Waals surface area contributed by atoms with Crippen molar-refractivity contribution in [2.24, 2.45) is 16.3 Å². The number of benzene rings is 1. The van der Waals surface area contributed by atoms with Gasteiger partial charge in [-0.15, -0.1) is 0 Å². The van der Waals surface area contributed by atoms with Gasteiger partial charge in [-0.3, -0.25) is 0 Å². The van der Waals surface area contributed by atoms with E-state index in [9.17, 15) is 4.39 Å². The summed E-state index contributed by atoms with van der Waals surface area (Å²) in [6.45, 7) is 1.44. The molecule has 1 aromatic rings. The van der Waals surface area contributed by atoms with E-state index >= 15 is 0 Å². The molecule has 1 saturated carbocycles. The topological polar surface area (TPSA) is 70.6 Å². The molecule has 1 aliphatic rings. The molecule has 1 aliphatic carbocycles. The molecule has 2 rings (SSSR count). The van der Waals surface area contributed by atoms with Gasteiger partial charge >= 0.3 is 0 Å². The SMILES string of the molecule is NC(CC1(CNCc2cccc(F)c2)CC1)=NO. The highest BCUT2D eigenvalue weighted by atomic mass is 19.1. The van der Waals surface area contributed by atoms with Crippen LogP contribution in [0.15, 0.2) is 29.4 Å². The first kappa shape index (κ1) is 12.8. The van der Waals surface area contributed by atoms with Crippen LogP contribution < -0.4 is 11.1 Å². The van der Waals surface area contributed by atoms with Crippen molar-refractivity contribution >= 4 is 5.84 Å². The lowest BCUT2D eigenvalue weighted by Gasteiger charge is -2.15. The molecule has 0 atom stereocenters. The maximum Gasteiger partial charge on any atom is 0.139 e. The largest absolute Gasteiger partial charge is 0.409 e. The van der Waals surface area contributed by atoms with Crippen molar-refractivity contribution in [1.29, 1.82) is 0 Å². The zero-order chi connectivity index (χ0) is 13.0. The van der Waals surface area contributed by atoms with Gasteiger partial charge in [0.1, 0.15) is 11.7 Å². The summed E-state index contributed by atoms with van der Waals surface area (Å²) in [7, 11) is 0. The number of nitrogens with one attached hydrogen (secondary N) is 1. The van der Waals surface area contributed by atoms with Gasteiger partial charge in [0.2, 0.25) is 0 Å². The molecular formula is C13H18FN3O. The Labute approximate surface area is 106 Å². The molecule has 1 fully saturated rings. The lowest BCUT2D eigenvalue weighted by atomic mass is 10.0. The van der Waals surface area contributed by atoms with Gasteiger partial charge in [-0.05, 0) is 36.0 Å². The van der Waals surface area contributed by atoms with Crippen molar-refractivity contribution in [3.8, 4) is 0 Å². The Morgan fingerprint density at radius 2 is 2.28 bits per heavy atom. The second-order valence-corrected chi connectivity index (χ2v) is 5.00. The molecule has 0 bridgehead atoms. The third kappa shape index (κ3) is 3.43. The van der Waals surface area contributed by atoms with E-state index in [0.717, 1.165) is 24.9 Å². The van der Waals surface area contributed by atoms with Crippen molar-refractivity contribution in [3.63, 3.8) is 0 Å². The van der Waals surface area contributed by atoms with Gasteiger partial charge in [-0.25, -0.2) is 4.39 Å². The third-order valence-electron chi connectivity index (χ3n) is 3.36. The van der Waals surface area contributed by atoms with E-state index in [4.69, 9.17) is 10.9 Å². The number of hydrogen-bond acceptors (Lipinski definition) is 3. The van der Waals surface area contributed by atoms with Gasteiger partial charge in [0.25, 0.3) is 0 Å². The molecule has 0 amide bonds. The number of nitrogens with two attached hydrogens (primary N) is 1. The van der Waals surface area contributed by atoms with Crippen molar-refractivity contribution in [1.82, 2.24) is 5.32 Å². The van der Waals surface area contributed by atoms with Crippen molar-refractivity contribution in [2.75, 3.05) is 6.54 Å². The van der Waals surface area contributed by atoms with Crippen LogP contribution in [0.1, 0.15) is 24.8 Å². The fraction of sp³-hybridized carbons (Fsp3) is 0.462. The summed E-state index contributed by atoms with van der Waals surface area (Å²) in [6, 6.07) is 6.55. The number of hydrogen-bond donors (Lipinski definition) is 3. The van der Waals surface area contributed by atoms with E-state index in [1.54, 1.807) is 6.07 Å². The fourth-order valence-electron chi connectivity index (χ4n) is 2.13. The van der Waals surface area contributed by atoms with Crippen LogP contribution in [0, 0.1) is 11.2 Å². The van der Waals surface area contributed by atoms with E-state index < -0.39 is 0 Å². The molecule has 98 valence electrons. The standard InChI is InChI=1S/C13H18FN3O/c14-11-3-1-2-10(6-11)8-16-9-13(4-5-13)7-12(15)17-18/h1-3,6,16,18H,4-5,7-9H2,(H2,15,17). The minimum Gasteiger partial charge on any atom is -0.409 e. The van der Waals surface area contributed by atoms with Crippen LogP contribution in [0.4, 0.5) is 4.39 Å². The Bertz CT molecular complexity index is 444. The van der Waals surface area contributed by atoms with Gasteiger partial charge < -0.3 is 16.3 Å². The molecule has 0 spiro atoms. The highest BCUT2D eigenvalue weighted by Crippen LogP contribution is 2.48. The molecule has 18 heavy (non-hydrogen) atoms. The molecule has 0 radical (unpaired) electrons. The van der Waals surface area contributed by atoms with Crippen LogP contribution in [0.3, 0.4) is 0 Å². The molecule has 0 aromatic heterocycles. The zero-order valence-electron chi connectivity index (χ0n) is 10.2. The summed E-state index contributed by atoms with van der Waals surface area (Å²) >= 11 is 0. The highest BCUT2D eigenvalue weighted by molar-refractivity contribution is 5.80. The summed E-state index contributed by atoms with van der Waals surface area (Å²) in [5, 5.41) is 14.9. The van der Waals surface area contributed by atoms with Crippen LogP contribution >= 0.6 is 0 Å². The van der Waals surface area contributed by atoms with Crippen molar-refractivity contribution in [3.05, 3.63) is 35.6 Å². The molecule has 0 saturated heterocycles. The Balaban J connectivity index is 1.79. The summed E-state index contributed by atoms with van der Waals surface area (Å²) in [6.07, 6.45) is 2.78. The monoisotopic (exact) mass is 251 g/mol. The van der Waals surface area contributed by atoms with Crippen LogP contribution in [-0.2, 0) is 6.54 Å². The summed E-state index contributed by atoms with van der Waals surface area (Å²) in [4.78, 5) is 0. The minimum absolute atomic E-state index is 0.129. The molecule has 5 heteroatoms. The molecule has 4 N–H and O–H groups in total. The molecular weight excluding hydrogens is 233 g/mol. The predicted molar refractivity (Wildman–Crippen MR) is 67.8 cm³/mol. The van der Waals surface area contributed by atoms with Gasteiger partial charge in [-0.1, -0.05) is 17.3 Å². The second kappa shape index (κ2) is 5.35. The first-order chi connectivity index (χ1) is 8.63. The van der Waals surface area contributed by atoms with Crippen LogP contribution in [0.25, 0.3) is 0 Å². The summed E-state index contributed by atoms with van der Waals surface area (Å²) in [5.41, 5.74) is 6.58. The van der Waals surface area contributed by atoms with Crippen LogP contribution in [-0.4, -0.2) is 17.6 Å². The quantitative estimate of drug-likeness (QED) is 0.312. The number of rotatable bonds is 6. The Hall–Kier alpha value is -1.62. The van der Waals surface area contributed by atoms with Gasteiger partial charge in [0, 0.05) is 19.5 Å². The average Bonchev–Trinajstić information content (AvgIpc) is 3.09. The minimum atomic E-state index is -0.216. The van der Waals surface area contributed by atoms with Gasteiger partial charge in [0.05, 0.1) is 0 Å². The number of halogens is 1. The fourth-order valence-corrected chi connectivity index (χ4v) is 2.13. The highest BCUT2D eigenvalue weighted by Gasteiger charge is 2.42. The molecule has 0 heterocycles. The third-order valence-corrected chi connectivity index (χ3v) is 3.36. The number of amidine groups is 1. The normalized spacial score (nSPS) is 17.7. The number of oxime groups is 1. The molecule has 0 aliphatic heterocycles. The summed E-state index contributed by atoms with van der Waals surface area (Å²) < 4.78 is 13.0. The van der Waals surface area contributed by atoms with Gasteiger partial charge in [0.15, 0.2) is 0 Å². The van der Waals surface area contributed by atoms with E-state index in [-0.39, 0.29) is 17.1 Å². The Kier molecular flexibility index (Phi) is 3.81. The lowest BCUT2D eigenvalue weighted by molar-refractivity contribution is 0.314. The average molecular weight is 251 g/mol. The first-order valence-electron chi connectivity index (χ1n) is 6.05. The summed E-state index contributed by atoms with van der Waals surface area (Å²) in [5.74, 6) is 0.0622. The van der Waals surface area contributed by atoms with Crippen molar-refractivity contribution in [2.45, 2.75) is 25.8 Å². The van der Waals surface area contributed by atoms with Crippen LogP contribution in [0.2, 0.25) is 0 Å². The molecule has 0 unspecified atom stereocenters. The number of nitrogens with zero attached hydrogens (tertiary/aromatic N) is 1. The van der Waals surface area contributed by atoms with Crippen molar-refractivity contribution < 1.29 is 9.60 Å². The van der Waals surface area contributed by atoms with E-state index in [0.29, 0.717) is 13.0 Å². The van der Waals surface area contributed by atoms with Crippen LogP contribution in [0.5, 0.6) is 0 Å². The van der Waals surface area contributed by atoms with E-state index in [1.807, 2.05) is 6.07 Å². The predicted octanol–water partition coefficient (Wildman–Crippen LogP) is 1.83. The lowest BCUT2D eigenvalue weighted by Crippen LogP contribution is -2.28. The molecule has 4 nitrogen and oxygen atoms in total. The maximum atomic E-state index is 13.0. The van der Waals surface area contributed by atoms with E-state index in [2.05, 4.69) is 10.5 Å². The maximum absolute atomic E-state index is 13.0. The smallest absolute Gasteiger partial charge is 0.139 e. The van der Waals surface area contributed by atoms with E-state index in [1.165, 1.54) is 12.1 Å². The second-order valence-electron chi connectivity index (χ2n) is 5.00. The Morgan fingerprint density at radius 1 is 1.50 bits per heavy atom.